The lowest BCUT2D eigenvalue weighted by atomic mass is 9.83. The molecule has 0 amide bonds. The molecule has 1 heterocycles. The van der Waals surface area contributed by atoms with Gasteiger partial charge in [0, 0.05) is 17.0 Å². The third-order valence-corrected chi connectivity index (χ3v) is 8.10. The smallest absolute Gasteiger partial charge is 0.238 e. The summed E-state index contributed by atoms with van der Waals surface area (Å²) in [5, 5.41) is 14.3. The molecule has 0 aliphatic rings. The van der Waals surface area contributed by atoms with Crippen molar-refractivity contribution in [1.82, 2.24) is 14.8 Å². The van der Waals surface area contributed by atoms with Crippen LogP contribution in [0.5, 0.6) is 5.75 Å². The van der Waals surface area contributed by atoms with Crippen molar-refractivity contribution in [2.75, 3.05) is 7.11 Å². The van der Waals surface area contributed by atoms with E-state index in [1.807, 2.05) is 19.9 Å². The van der Waals surface area contributed by atoms with E-state index in [0.717, 1.165) is 17.3 Å². The van der Waals surface area contributed by atoms with Gasteiger partial charge in [0.1, 0.15) is 29.0 Å². The van der Waals surface area contributed by atoms with Crippen molar-refractivity contribution in [3.05, 3.63) is 94.0 Å². The van der Waals surface area contributed by atoms with Crippen LogP contribution in [0.15, 0.2) is 64.6 Å². The fourth-order valence-corrected chi connectivity index (χ4v) is 5.49. The van der Waals surface area contributed by atoms with Crippen LogP contribution >= 0.6 is 23.4 Å². The van der Waals surface area contributed by atoms with E-state index in [0.29, 0.717) is 34.4 Å². The van der Waals surface area contributed by atoms with Gasteiger partial charge in [0.2, 0.25) is 10.0 Å². The highest BCUT2D eigenvalue weighted by Gasteiger charge is 2.32. The third-order valence-electron chi connectivity index (χ3n) is 5.94. The fraction of sp³-hybridized carbons (Fsp3) is 0.200. The molecular weight excluding hydrogens is 561 g/mol. The molecule has 0 saturated heterocycles. The summed E-state index contributed by atoms with van der Waals surface area (Å²) < 4.78 is 73.0. The zero-order chi connectivity index (χ0) is 27.8. The lowest BCUT2D eigenvalue weighted by molar-refractivity contribution is 0.413. The predicted molar refractivity (Wildman–Crippen MR) is 139 cm³/mol. The van der Waals surface area contributed by atoms with Crippen molar-refractivity contribution in [2.45, 2.75) is 35.1 Å². The van der Waals surface area contributed by atoms with Gasteiger partial charge in [0.05, 0.1) is 22.4 Å². The Morgan fingerprint density at radius 1 is 1.03 bits per heavy atom. The third kappa shape index (κ3) is 5.53. The second-order valence-electron chi connectivity index (χ2n) is 8.79. The van der Waals surface area contributed by atoms with Gasteiger partial charge in [-0.2, -0.15) is 0 Å². The molecule has 0 bridgehead atoms. The summed E-state index contributed by atoms with van der Waals surface area (Å²) in [6.45, 7) is 3.80. The van der Waals surface area contributed by atoms with Gasteiger partial charge in [-0.3, -0.25) is 4.57 Å². The van der Waals surface area contributed by atoms with Crippen LogP contribution in [0.25, 0.3) is 5.69 Å². The zero-order valence-electron chi connectivity index (χ0n) is 20.4. The Morgan fingerprint density at radius 3 is 2.24 bits per heavy atom. The lowest BCUT2D eigenvalue weighted by Crippen LogP contribution is -2.24. The topological polar surface area (TPSA) is 100 Å². The summed E-state index contributed by atoms with van der Waals surface area (Å²) in [6.07, 6.45) is 0. The standard InChI is InChI=1S/C25H22ClF3N4O3S2/c1-25(2,14-4-9-19(26)22(10-14)36-3)23-31-32-24(33(23)16-7-5-15(27)6-8-16)37-13-18-20(28)11-17(12-21(18)29)38(30,34)35/h4-12H,13H2,1-3H3,(H2,30,34,35). The molecule has 0 fully saturated rings. The molecule has 0 spiro atoms. The summed E-state index contributed by atoms with van der Waals surface area (Å²) in [7, 11) is -2.78. The van der Waals surface area contributed by atoms with Crippen molar-refractivity contribution in [3.8, 4) is 11.4 Å². The van der Waals surface area contributed by atoms with E-state index >= 15 is 0 Å². The molecular formula is C25H22ClF3N4O3S2. The normalized spacial score (nSPS) is 12.1. The SMILES string of the molecule is COc1cc(C(C)(C)c2nnc(SCc3c(F)cc(S(N)(=O)=O)cc3F)n2-c2ccc(F)cc2)ccc1Cl. The van der Waals surface area contributed by atoms with Crippen molar-refractivity contribution in [2.24, 2.45) is 5.14 Å². The van der Waals surface area contributed by atoms with Gasteiger partial charge in [0.25, 0.3) is 0 Å². The number of nitrogens with zero attached hydrogens (tertiary/aromatic N) is 3. The summed E-state index contributed by atoms with van der Waals surface area (Å²) in [5.41, 5.74) is 0.181. The van der Waals surface area contributed by atoms with E-state index in [4.69, 9.17) is 21.5 Å². The summed E-state index contributed by atoms with van der Waals surface area (Å²) in [6, 6.07) is 12.2. The largest absolute Gasteiger partial charge is 0.495 e. The number of hydrogen-bond donors (Lipinski definition) is 1. The number of thioether (sulfide) groups is 1. The fourth-order valence-electron chi connectivity index (χ4n) is 3.79. The Balaban J connectivity index is 1.78. The Morgan fingerprint density at radius 2 is 1.66 bits per heavy atom. The molecule has 2 N–H and O–H groups in total. The van der Waals surface area contributed by atoms with Crippen molar-refractivity contribution in [1.29, 1.82) is 0 Å². The monoisotopic (exact) mass is 582 g/mol. The molecule has 3 aromatic carbocycles. The van der Waals surface area contributed by atoms with Gasteiger partial charge >= 0.3 is 0 Å². The summed E-state index contributed by atoms with van der Waals surface area (Å²) >= 11 is 7.17. The molecule has 0 atom stereocenters. The van der Waals surface area contributed by atoms with Crippen molar-refractivity contribution < 1.29 is 26.3 Å². The van der Waals surface area contributed by atoms with Crippen LogP contribution < -0.4 is 9.88 Å². The van der Waals surface area contributed by atoms with E-state index < -0.39 is 37.8 Å². The van der Waals surface area contributed by atoms with Gasteiger partial charge in [-0.15, -0.1) is 10.2 Å². The van der Waals surface area contributed by atoms with Crippen LogP contribution in [0.1, 0.15) is 30.8 Å². The second-order valence-corrected chi connectivity index (χ2v) is 11.7. The molecule has 200 valence electrons. The first-order chi connectivity index (χ1) is 17.8. The first-order valence-electron chi connectivity index (χ1n) is 11.0. The summed E-state index contributed by atoms with van der Waals surface area (Å²) in [4.78, 5) is -0.668. The molecule has 0 radical (unpaired) electrons. The Labute approximate surface area is 226 Å². The highest BCUT2D eigenvalue weighted by molar-refractivity contribution is 7.98. The Bertz CT molecular complexity index is 1590. The van der Waals surface area contributed by atoms with Gasteiger partial charge in [-0.1, -0.05) is 29.4 Å². The summed E-state index contributed by atoms with van der Waals surface area (Å²) in [5.74, 6) is -1.89. The van der Waals surface area contributed by atoms with E-state index in [2.05, 4.69) is 10.2 Å². The zero-order valence-corrected chi connectivity index (χ0v) is 22.8. The molecule has 0 saturated carbocycles. The average molecular weight is 583 g/mol. The maximum absolute atomic E-state index is 14.7. The first kappa shape index (κ1) is 28.0. The van der Waals surface area contributed by atoms with E-state index in [9.17, 15) is 21.6 Å². The number of primary sulfonamides is 1. The minimum absolute atomic E-state index is 0.239. The number of halogens is 4. The van der Waals surface area contributed by atoms with Gasteiger partial charge in [0.15, 0.2) is 5.16 Å². The molecule has 0 aliphatic heterocycles. The average Bonchev–Trinajstić information content (AvgIpc) is 3.28. The van der Waals surface area contributed by atoms with E-state index in [1.165, 1.54) is 31.4 Å². The van der Waals surface area contributed by atoms with E-state index in [-0.39, 0.29) is 16.5 Å². The molecule has 4 rings (SSSR count). The second kappa shape index (κ2) is 10.6. The van der Waals surface area contributed by atoms with Gasteiger partial charge in [-0.05, 0) is 67.9 Å². The molecule has 7 nitrogen and oxygen atoms in total. The Kier molecular flexibility index (Phi) is 7.80. The maximum Gasteiger partial charge on any atom is 0.238 e. The van der Waals surface area contributed by atoms with Crippen LogP contribution in [0.2, 0.25) is 5.02 Å². The molecule has 4 aromatic rings. The van der Waals surface area contributed by atoms with Crippen LogP contribution in [0, 0.1) is 17.5 Å². The number of sulfonamides is 1. The number of ether oxygens (including phenoxy) is 1. The minimum atomic E-state index is -4.29. The van der Waals surface area contributed by atoms with Gasteiger partial charge < -0.3 is 4.74 Å². The number of aromatic nitrogens is 3. The number of benzene rings is 3. The molecule has 1 aromatic heterocycles. The maximum atomic E-state index is 14.7. The number of hydrogen-bond acceptors (Lipinski definition) is 6. The molecule has 38 heavy (non-hydrogen) atoms. The van der Waals surface area contributed by atoms with Crippen LogP contribution in [0.4, 0.5) is 13.2 Å². The minimum Gasteiger partial charge on any atom is -0.495 e. The number of nitrogens with two attached hydrogens (primary N) is 1. The lowest BCUT2D eigenvalue weighted by Gasteiger charge is -2.26. The highest BCUT2D eigenvalue weighted by atomic mass is 35.5. The predicted octanol–water partition coefficient (Wildman–Crippen LogP) is 5.61. The van der Waals surface area contributed by atoms with Crippen molar-refractivity contribution in [3.63, 3.8) is 0 Å². The molecule has 13 heteroatoms. The van der Waals surface area contributed by atoms with Gasteiger partial charge in [-0.25, -0.2) is 26.7 Å². The molecule has 0 unspecified atom stereocenters. The highest BCUT2D eigenvalue weighted by Crippen LogP contribution is 2.38. The van der Waals surface area contributed by atoms with Crippen LogP contribution in [-0.4, -0.2) is 30.3 Å². The number of rotatable bonds is 8. The number of methoxy groups -OCH3 is 1. The molecule has 0 aliphatic carbocycles. The van der Waals surface area contributed by atoms with E-state index in [1.54, 1.807) is 16.7 Å². The van der Waals surface area contributed by atoms with Crippen molar-refractivity contribution >= 4 is 33.4 Å². The van der Waals surface area contributed by atoms with Crippen LogP contribution in [0.3, 0.4) is 0 Å². The van der Waals surface area contributed by atoms with Crippen LogP contribution in [-0.2, 0) is 21.2 Å². The quantitative estimate of drug-likeness (QED) is 0.271. The Hall–Kier alpha value is -3.06. The first-order valence-corrected chi connectivity index (χ1v) is 13.9.